The van der Waals surface area contributed by atoms with Crippen LogP contribution in [-0.2, 0) is 17.8 Å². The van der Waals surface area contributed by atoms with Crippen LogP contribution in [0.15, 0.2) is 42.7 Å². The van der Waals surface area contributed by atoms with E-state index in [2.05, 4.69) is 16.4 Å². The molecule has 20 heavy (non-hydrogen) atoms. The third-order valence-corrected chi connectivity index (χ3v) is 2.87. The average Bonchev–Trinajstić information content (AvgIpc) is 2.46. The van der Waals surface area contributed by atoms with Gasteiger partial charge in [0.15, 0.2) is 0 Å². The summed E-state index contributed by atoms with van der Waals surface area (Å²) in [5, 5.41) is 21.0. The fraction of sp³-hybridized carbons (Fsp3) is 0.133. The van der Waals surface area contributed by atoms with Gasteiger partial charge in [0.2, 0.25) is 0 Å². The maximum atomic E-state index is 10.8. The standard InChI is InChI=1S/C15H13N3O2/c16-8-12-5-6-17-10-14(12)18-9-13-4-2-1-3-11(13)7-15(19)20/h1-6,10,18H,7,9H2,(H,19,20). The molecule has 0 aliphatic rings. The molecule has 1 aromatic carbocycles. The molecule has 0 bridgehead atoms. The molecular formula is C15H13N3O2. The number of hydrogen-bond donors (Lipinski definition) is 2. The number of aliphatic carboxylic acids is 1. The first-order valence-electron chi connectivity index (χ1n) is 6.07. The Hall–Kier alpha value is -2.87. The second-order valence-electron chi connectivity index (χ2n) is 4.23. The van der Waals surface area contributed by atoms with Crippen LogP contribution in [0, 0.1) is 11.3 Å². The molecule has 5 heteroatoms. The van der Waals surface area contributed by atoms with Gasteiger partial charge in [0, 0.05) is 12.7 Å². The SMILES string of the molecule is N#Cc1ccncc1NCc1ccccc1CC(=O)O. The zero-order chi connectivity index (χ0) is 14.4. The Morgan fingerprint density at radius 1 is 1.30 bits per heavy atom. The normalized spacial score (nSPS) is 9.75. The monoisotopic (exact) mass is 267 g/mol. The van der Waals surface area contributed by atoms with Crippen molar-refractivity contribution in [1.29, 1.82) is 5.26 Å². The van der Waals surface area contributed by atoms with Crippen LogP contribution in [0.2, 0.25) is 0 Å². The molecule has 0 aliphatic heterocycles. The number of anilines is 1. The van der Waals surface area contributed by atoms with Crippen molar-refractivity contribution in [2.24, 2.45) is 0 Å². The topological polar surface area (TPSA) is 86.0 Å². The summed E-state index contributed by atoms with van der Waals surface area (Å²) in [4.78, 5) is 14.8. The number of nitriles is 1. The summed E-state index contributed by atoms with van der Waals surface area (Å²) in [5.41, 5.74) is 2.80. The molecule has 2 rings (SSSR count). The number of pyridine rings is 1. The molecule has 0 unspecified atom stereocenters. The molecule has 0 saturated heterocycles. The third kappa shape index (κ3) is 3.33. The van der Waals surface area contributed by atoms with Crippen molar-refractivity contribution >= 4 is 11.7 Å². The number of nitrogens with one attached hydrogen (secondary N) is 1. The van der Waals surface area contributed by atoms with E-state index in [-0.39, 0.29) is 6.42 Å². The van der Waals surface area contributed by atoms with E-state index in [1.807, 2.05) is 18.2 Å². The summed E-state index contributed by atoms with van der Waals surface area (Å²) < 4.78 is 0. The van der Waals surface area contributed by atoms with Crippen LogP contribution in [0.3, 0.4) is 0 Å². The molecule has 1 heterocycles. The summed E-state index contributed by atoms with van der Waals surface area (Å²) in [6.07, 6.45) is 3.12. The van der Waals surface area contributed by atoms with Gasteiger partial charge in [-0.15, -0.1) is 0 Å². The predicted molar refractivity (Wildman–Crippen MR) is 74.1 cm³/mol. The van der Waals surface area contributed by atoms with Crippen molar-refractivity contribution < 1.29 is 9.90 Å². The zero-order valence-corrected chi connectivity index (χ0v) is 10.7. The van der Waals surface area contributed by atoms with E-state index in [4.69, 9.17) is 10.4 Å². The van der Waals surface area contributed by atoms with Gasteiger partial charge in [-0.2, -0.15) is 5.26 Å². The van der Waals surface area contributed by atoms with Crippen LogP contribution >= 0.6 is 0 Å². The molecular weight excluding hydrogens is 254 g/mol. The molecule has 0 fully saturated rings. The molecule has 100 valence electrons. The second-order valence-corrected chi connectivity index (χ2v) is 4.23. The highest BCUT2D eigenvalue weighted by atomic mass is 16.4. The minimum Gasteiger partial charge on any atom is -0.481 e. The lowest BCUT2D eigenvalue weighted by Gasteiger charge is -2.10. The summed E-state index contributed by atoms with van der Waals surface area (Å²) >= 11 is 0. The van der Waals surface area contributed by atoms with Gasteiger partial charge in [-0.3, -0.25) is 9.78 Å². The molecule has 2 aromatic rings. The Morgan fingerprint density at radius 3 is 2.75 bits per heavy atom. The summed E-state index contributed by atoms with van der Waals surface area (Å²) in [6.45, 7) is 0.448. The quantitative estimate of drug-likeness (QED) is 0.867. The number of benzene rings is 1. The molecule has 0 saturated carbocycles. The first kappa shape index (κ1) is 13.6. The van der Waals surface area contributed by atoms with Gasteiger partial charge in [-0.05, 0) is 17.2 Å². The number of hydrogen-bond acceptors (Lipinski definition) is 4. The van der Waals surface area contributed by atoms with Gasteiger partial charge in [-0.1, -0.05) is 24.3 Å². The molecule has 0 radical (unpaired) electrons. The smallest absolute Gasteiger partial charge is 0.307 e. The van der Waals surface area contributed by atoms with E-state index in [0.717, 1.165) is 11.1 Å². The van der Waals surface area contributed by atoms with Crippen LogP contribution in [0.4, 0.5) is 5.69 Å². The maximum Gasteiger partial charge on any atom is 0.307 e. The van der Waals surface area contributed by atoms with E-state index in [1.165, 1.54) is 0 Å². The Morgan fingerprint density at radius 2 is 2.05 bits per heavy atom. The molecule has 0 spiro atoms. The van der Waals surface area contributed by atoms with Crippen LogP contribution in [0.5, 0.6) is 0 Å². The molecule has 0 atom stereocenters. The van der Waals surface area contributed by atoms with Crippen molar-refractivity contribution in [3.05, 3.63) is 59.4 Å². The lowest BCUT2D eigenvalue weighted by molar-refractivity contribution is -0.136. The number of aromatic nitrogens is 1. The first-order chi connectivity index (χ1) is 9.70. The lowest BCUT2D eigenvalue weighted by atomic mass is 10.0. The molecule has 0 aliphatic carbocycles. The van der Waals surface area contributed by atoms with E-state index >= 15 is 0 Å². The summed E-state index contributed by atoms with van der Waals surface area (Å²) in [5.74, 6) is -0.864. The van der Waals surface area contributed by atoms with E-state index in [9.17, 15) is 4.79 Å². The van der Waals surface area contributed by atoms with Gasteiger partial charge in [0.05, 0.1) is 23.9 Å². The Bertz CT molecular complexity index is 662. The summed E-state index contributed by atoms with van der Waals surface area (Å²) in [7, 11) is 0. The van der Waals surface area contributed by atoms with Crippen molar-refractivity contribution in [1.82, 2.24) is 4.98 Å². The van der Waals surface area contributed by atoms with Crippen molar-refractivity contribution in [3.63, 3.8) is 0 Å². The van der Waals surface area contributed by atoms with Gasteiger partial charge >= 0.3 is 5.97 Å². The lowest BCUT2D eigenvalue weighted by Crippen LogP contribution is -2.08. The minimum atomic E-state index is -0.864. The fourth-order valence-electron chi connectivity index (χ4n) is 1.89. The van der Waals surface area contributed by atoms with Gasteiger partial charge in [0.1, 0.15) is 6.07 Å². The predicted octanol–water partition coefficient (Wildman–Crippen LogP) is 2.19. The van der Waals surface area contributed by atoms with E-state index in [1.54, 1.807) is 24.5 Å². The molecule has 2 N–H and O–H groups in total. The molecule has 0 amide bonds. The highest BCUT2D eigenvalue weighted by Gasteiger charge is 2.07. The Kier molecular flexibility index (Phi) is 4.30. The van der Waals surface area contributed by atoms with Gasteiger partial charge < -0.3 is 10.4 Å². The second kappa shape index (κ2) is 6.34. The number of carboxylic acids is 1. The highest BCUT2D eigenvalue weighted by Crippen LogP contribution is 2.16. The number of nitrogens with zero attached hydrogens (tertiary/aromatic N) is 2. The Balaban J connectivity index is 2.15. The van der Waals surface area contributed by atoms with E-state index in [0.29, 0.717) is 17.8 Å². The first-order valence-corrected chi connectivity index (χ1v) is 6.07. The van der Waals surface area contributed by atoms with Crippen LogP contribution in [0.25, 0.3) is 0 Å². The van der Waals surface area contributed by atoms with E-state index < -0.39 is 5.97 Å². The van der Waals surface area contributed by atoms with Crippen molar-refractivity contribution in [2.45, 2.75) is 13.0 Å². The number of carbonyl (C=O) groups is 1. The highest BCUT2D eigenvalue weighted by molar-refractivity contribution is 5.70. The van der Waals surface area contributed by atoms with Crippen LogP contribution in [0.1, 0.15) is 16.7 Å². The van der Waals surface area contributed by atoms with Gasteiger partial charge in [0.25, 0.3) is 0 Å². The summed E-state index contributed by atoms with van der Waals surface area (Å²) in [6, 6.07) is 11.0. The van der Waals surface area contributed by atoms with Crippen molar-refractivity contribution in [2.75, 3.05) is 5.32 Å². The Labute approximate surface area is 116 Å². The van der Waals surface area contributed by atoms with Crippen LogP contribution < -0.4 is 5.32 Å². The largest absolute Gasteiger partial charge is 0.481 e. The van der Waals surface area contributed by atoms with Gasteiger partial charge in [-0.25, -0.2) is 0 Å². The number of rotatable bonds is 5. The minimum absolute atomic E-state index is 0.0179. The fourth-order valence-corrected chi connectivity index (χ4v) is 1.89. The maximum absolute atomic E-state index is 10.8. The average molecular weight is 267 g/mol. The number of carboxylic acid groups (broad SMARTS) is 1. The van der Waals surface area contributed by atoms with Crippen molar-refractivity contribution in [3.8, 4) is 6.07 Å². The zero-order valence-electron chi connectivity index (χ0n) is 10.7. The molecule has 5 nitrogen and oxygen atoms in total. The van der Waals surface area contributed by atoms with Crippen LogP contribution in [-0.4, -0.2) is 16.1 Å². The third-order valence-electron chi connectivity index (χ3n) is 2.87. The molecule has 1 aromatic heterocycles.